The van der Waals surface area contributed by atoms with Crippen molar-refractivity contribution in [1.82, 2.24) is 19.9 Å². The molecular weight excluding hydrogens is 474 g/mol. The maximum atomic E-state index is 9.34. The van der Waals surface area contributed by atoms with E-state index in [1.54, 1.807) is 37.7 Å². The Morgan fingerprint density at radius 2 is 1.68 bits per heavy atom. The fraction of sp³-hybridized carbons (Fsp3) is 0.130. The van der Waals surface area contributed by atoms with Crippen molar-refractivity contribution in [2.45, 2.75) is 9.79 Å². The molecule has 0 aliphatic heterocycles. The highest BCUT2D eigenvalue weighted by Crippen LogP contribution is 2.42. The summed E-state index contributed by atoms with van der Waals surface area (Å²) in [6.07, 6.45) is 3.19. The zero-order valence-corrected chi connectivity index (χ0v) is 19.8. The van der Waals surface area contributed by atoms with Gasteiger partial charge in [-0.1, -0.05) is 12.1 Å². The molecule has 0 atom stereocenters. The maximum Gasteiger partial charge on any atom is 0.263 e. The van der Waals surface area contributed by atoms with Crippen molar-refractivity contribution in [2.24, 2.45) is 0 Å². The number of aliphatic hydroxyl groups excluding tert-OH is 1. The first-order chi connectivity index (χ1) is 16.7. The number of benzene rings is 2. The highest BCUT2D eigenvalue weighted by Gasteiger charge is 2.22. The van der Waals surface area contributed by atoms with Gasteiger partial charge in [-0.2, -0.15) is 4.98 Å². The number of methoxy groups -OCH3 is 1. The molecule has 0 radical (unpaired) electrons. The van der Waals surface area contributed by atoms with Gasteiger partial charge in [-0.3, -0.25) is 0 Å². The lowest BCUT2D eigenvalue weighted by atomic mass is 10.3. The lowest BCUT2D eigenvalue weighted by molar-refractivity contribution is 0.192. The Labute approximate surface area is 206 Å². The number of anilines is 1. The van der Waals surface area contributed by atoms with Gasteiger partial charge in [0.15, 0.2) is 23.1 Å². The first kappa shape index (κ1) is 23.6. The molecule has 4 rings (SSSR count). The smallest absolute Gasteiger partial charge is 0.263 e. The van der Waals surface area contributed by atoms with Crippen molar-refractivity contribution in [3.63, 3.8) is 0 Å². The monoisotopic (exact) mass is 495 g/mol. The fourth-order valence-corrected chi connectivity index (χ4v) is 3.55. The summed E-state index contributed by atoms with van der Waals surface area (Å²) >= 11 is 5.65. The lowest BCUT2D eigenvalue weighted by Gasteiger charge is -2.17. The number of rotatable bonds is 10. The number of ether oxygens (including phenoxy) is 3. The van der Waals surface area contributed by atoms with Gasteiger partial charge in [0, 0.05) is 22.2 Å². The van der Waals surface area contributed by atoms with Gasteiger partial charge < -0.3 is 24.0 Å². The average Bonchev–Trinajstić information content (AvgIpc) is 2.88. The van der Waals surface area contributed by atoms with Gasteiger partial charge in [-0.25, -0.2) is 15.0 Å². The van der Waals surface area contributed by atoms with Crippen molar-refractivity contribution in [1.29, 1.82) is 0 Å². The maximum absolute atomic E-state index is 9.34. The summed E-state index contributed by atoms with van der Waals surface area (Å²) < 4.78 is 20.5. The van der Waals surface area contributed by atoms with Gasteiger partial charge in [0.05, 0.1) is 13.7 Å². The van der Waals surface area contributed by atoms with Crippen molar-refractivity contribution in [3.05, 3.63) is 67.0 Å². The Balaban J connectivity index is 1.78. The predicted molar refractivity (Wildman–Crippen MR) is 132 cm³/mol. The molecular formula is C23H21N5O4S2. The highest BCUT2D eigenvalue weighted by molar-refractivity contribution is 8.00. The Morgan fingerprint density at radius 3 is 2.38 bits per heavy atom. The Kier molecular flexibility index (Phi) is 8.02. The van der Waals surface area contributed by atoms with Crippen molar-refractivity contribution >= 4 is 30.4 Å². The van der Waals surface area contributed by atoms with Crippen molar-refractivity contribution in [3.8, 4) is 34.8 Å². The van der Waals surface area contributed by atoms with Crippen LogP contribution >= 0.6 is 24.6 Å². The first-order valence-electron chi connectivity index (χ1n) is 10.1. The molecule has 11 heteroatoms. The number of hydrogen-bond donors (Lipinski definition) is 3. The summed E-state index contributed by atoms with van der Waals surface area (Å²) in [6.45, 7) is -0.201. The van der Waals surface area contributed by atoms with Gasteiger partial charge in [0.2, 0.25) is 11.6 Å². The molecule has 0 unspecified atom stereocenters. The predicted octanol–water partition coefficient (Wildman–Crippen LogP) is 4.51. The van der Waals surface area contributed by atoms with E-state index in [2.05, 4.69) is 37.3 Å². The van der Waals surface area contributed by atoms with Crippen LogP contribution in [0.2, 0.25) is 0 Å². The molecule has 2 aromatic carbocycles. The van der Waals surface area contributed by atoms with Crippen LogP contribution in [-0.2, 0) is 0 Å². The van der Waals surface area contributed by atoms with E-state index < -0.39 is 0 Å². The van der Waals surface area contributed by atoms with E-state index in [1.807, 2.05) is 36.4 Å². The Hall–Kier alpha value is -3.54. The zero-order valence-electron chi connectivity index (χ0n) is 18.1. The minimum absolute atomic E-state index is 0.00434. The third kappa shape index (κ3) is 5.87. The molecule has 0 aliphatic rings. The summed E-state index contributed by atoms with van der Waals surface area (Å²) in [5.41, 5.74) is 0. The van der Waals surface area contributed by atoms with E-state index >= 15 is 0 Å². The van der Waals surface area contributed by atoms with Crippen LogP contribution in [-0.4, -0.2) is 45.4 Å². The summed E-state index contributed by atoms with van der Waals surface area (Å²) in [5.74, 6) is 2.17. The van der Waals surface area contributed by atoms with Crippen molar-refractivity contribution in [2.75, 3.05) is 25.0 Å². The molecule has 0 saturated carbocycles. The summed E-state index contributed by atoms with van der Waals surface area (Å²) in [7, 11) is 1.55. The molecule has 174 valence electrons. The Bertz CT molecular complexity index is 1230. The number of thiol groups is 1. The largest absolute Gasteiger partial charge is 0.493 e. The SMILES string of the molecule is COc1ccccc1Oc1c(NSc2ccc(S)cc2)nc(-c2ncccn2)nc1OCCO. The van der Waals surface area contributed by atoms with E-state index in [9.17, 15) is 5.11 Å². The second-order valence-electron chi connectivity index (χ2n) is 6.63. The third-order valence-electron chi connectivity index (χ3n) is 4.31. The van der Waals surface area contributed by atoms with Gasteiger partial charge in [-0.05, 0) is 54.4 Å². The molecule has 0 aliphatic carbocycles. The number of hydrogen-bond acceptors (Lipinski definition) is 11. The number of aromatic nitrogens is 4. The zero-order chi connectivity index (χ0) is 23.8. The van der Waals surface area contributed by atoms with Crippen LogP contribution in [0.5, 0.6) is 23.1 Å². The van der Waals surface area contributed by atoms with Gasteiger partial charge >= 0.3 is 0 Å². The minimum Gasteiger partial charge on any atom is -0.493 e. The highest BCUT2D eigenvalue weighted by atomic mass is 32.2. The lowest BCUT2D eigenvalue weighted by Crippen LogP contribution is -2.09. The van der Waals surface area contributed by atoms with Crippen LogP contribution in [0.25, 0.3) is 11.6 Å². The molecule has 0 bridgehead atoms. The fourth-order valence-electron chi connectivity index (χ4n) is 2.78. The quantitative estimate of drug-likeness (QED) is 0.215. The molecule has 0 fully saturated rings. The number of nitrogens with zero attached hydrogens (tertiary/aromatic N) is 4. The van der Waals surface area contributed by atoms with Gasteiger partial charge in [0.25, 0.3) is 5.88 Å². The molecule has 2 N–H and O–H groups in total. The minimum atomic E-state index is -0.205. The van der Waals surface area contributed by atoms with Gasteiger partial charge in [-0.15, -0.1) is 12.6 Å². The summed E-state index contributed by atoms with van der Waals surface area (Å²) in [6, 6.07) is 16.5. The summed E-state index contributed by atoms with van der Waals surface area (Å²) in [4.78, 5) is 19.3. The van der Waals surface area contributed by atoms with E-state index in [0.29, 0.717) is 23.1 Å². The van der Waals surface area contributed by atoms with Crippen LogP contribution in [0.3, 0.4) is 0 Å². The number of nitrogens with one attached hydrogen (secondary N) is 1. The molecule has 9 nitrogen and oxygen atoms in total. The average molecular weight is 496 g/mol. The molecule has 0 saturated heterocycles. The molecule has 34 heavy (non-hydrogen) atoms. The molecule has 2 aromatic heterocycles. The van der Waals surface area contributed by atoms with E-state index in [0.717, 1.165) is 9.79 Å². The van der Waals surface area contributed by atoms with E-state index in [4.69, 9.17) is 14.2 Å². The first-order valence-corrected chi connectivity index (χ1v) is 11.4. The van der Waals surface area contributed by atoms with Crippen molar-refractivity contribution < 1.29 is 19.3 Å². The number of aliphatic hydroxyl groups is 1. The topological polar surface area (TPSA) is 112 Å². The summed E-state index contributed by atoms with van der Waals surface area (Å²) in [5, 5.41) is 9.34. The van der Waals surface area contributed by atoms with Crippen LogP contribution in [0.15, 0.2) is 76.8 Å². The molecule has 0 spiro atoms. The van der Waals surface area contributed by atoms with Gasteiger partial charge in [0.1, 0.15) is 6.61 Å². The third-order valence-corrected chi connectivity index (χ3v) is 5.42. The van der Waals surface area contributed by atoms with Crippen LogP contribution in [0.1, 0.15) is 0 Å². The number of para-hydroxylation sites is 2. The van der Waals surface area contributed by atoms with Crippen LogP contribution in [0.4, 0.5) is 5.82 Å². The molecule has 2 heterocycles. The standard InChI is InChI=1S/C23H21N5O4S2/c1-30-17-5-2-3-6-18(17)32-19-20(28-34-16-9-7-15(33)8-10-16)26-22(21-24-11-4-12-25-21)27-23(19)31-14-13-29/h2-12,29,33H,13-14H2,1H3,(H,26,27,28). The Morgan fingerprint density at radius 1 is 0.941 bits per heavy atom. The second kappa shape index (κ2) is 11.5. The van der Waals surface area contributed by atoms with Crippen LogP contribution < -0.4 is 18.9 Å². The normalized spacial score (nSPS) is 10.6. The molecule has 0 amide bonds. The van der Waals surface area contributed by atoms with E-state index in [1.165, 1.54) is 11.9 Å². The second-order valence-corrected chi connectivity index (χ2v) is 8.02. The molecule has 4 aromatic rings. The van der Waals surface area contributed by atoms with E-state index in [-0.39, 0.29) is 30.7 Å². The van der Waals surface area contributed by atoms with Crippen LogP contribution in [0, 0.1) is 0 Å².